The lowest BCUT2D eigenvalue weighted by Crippen LogP contribution is -2.43. The maximum atomic E-state index is 11.4. The van der Waals surface area contributed by atoms with E-state index >= 15 is 0 Å². The number of benzene rings is 4. The summed E-state index contributed by atoms with van der Waals surface area (Å²) in [5.74, 6) is 4.79. The molecular weight excluding hydrogens is 821 g/mol. The zero-order chi connectivity index (χ0) is 46.2. The van der Waals surface area contributed by atoms with Crippen LogP contribution in [0.3, 0.4) is 0 Å². The third-order valence-electron chi connectivity index (χ3n) is 20.3. The van der Waals surface area contributed by atoms with Gasteiger partial charge in [0.1, 0.15) is 23.0 Å². The second kappa shape index (κ2) is 19.8. The molecule has 4 aromatic carbocycles. The average Bonchev–Trinajstić information content (AvgIpc) is 3.38. The minimum atomic E-state index is -0.160. The zero-order valence-electron chi connectivity index (χ0n) is 41.5. The summed E-state index contributed by atoms with van der Waals surface area (Å²) >= 11 is 0. The standard InChI is InChI=1S/C63H84O4/c1-61(2,47-31-35-62(36-32-47,49-23-27-57(64)53(39-49)43-15-7-3-8-16-43)50-24-28-58(65)54(40-50)44-17-9-4-10-18-44)48-33-37-63(38-34-48,51-25-29-59(66)55(41-51)45-19-11-5-12-20-45)52-26-30-60(67)56(42-52)46-21-13-6-14-22-46/h23-30,39-48,64-67H,3-22,31-38H2,1-2H3. The summed E-state index contributed by atoms with van der Waals surface area (Å²) in [6.45, 7) is 5.21. The van der Waals surface area contributed by atoms with Crippen molar-refractivity contribution in [2.75, 3.05) is 0 Å². The number of hydrogen-bond donors (Lipinski definition) is 4. The fraction of sp³-hybridized carbons (Fsp3) is 0.619. The SMILES string of the molecule is CC(C)(C1CCC(c2ccc(O)c(C3CCCCC3)c2)(c2ccc(O)c(C3CCCCC3)c2)CC1)C1CCC(c2ccc(O)c(C3CCCCC3)c2)(c2ccc(O)c(C3CCCCC3)c2)CC1. The quantitative estimate of drug-likeness (QED) is 0.128. The molecule has 4 N–H and O–H groups in total. The highest BCUT2D eigenvalue weighted by atomic mass is 16.3. The summed E-state index contributed by atoms with van der Waals surface area (Å²) in [5.41, 5.74) is 9.96. The Labute approximate surface area is 404 Å². The Balaban J connectivity index is 0.949. The van der Waals surface area contributed by atoms with E-state index in [4.69, 9.17) is 0 Å². The zero-order valence-corrected chi connectivity index (χ0v) is 41.5. The molecule has 4 heteroatoms. The van der Waals surface area contributed by atoms with Crippen molar-refractivity contribution < 1.29 is 20.4 Å². The van der Waals surface area contributed by atoms with Crippen LogP contribution >= 0.6 is 0 Å². The van der Waals surface area contributed by atoms with Crippen LogP contribution in [0, 0.1) is 17.3 Å². The lowest BCUT2D eigenvalue weighted by molar-refractivity contribution is 0.0364. The highest BCUT2D eigenvalue weighted by Gasteiger charge is 2.49. The van der Waals surface area contributed by atoms with Gasteiger partial charge in [0, 0.05) is 10.8 Å². The average molecular weight is 905 g/mol. The summed E-state index contributed by atoms with van der Waals surface area (Å²) in [4.78, 5) is 0. The van der Waals surface area contributed by atoms with Gasteiger partial charge < -0.3 is 20.4 Å². The lowest BCUT2D eigenvalue weighted by Gasteiger charge is -2.52. The van der Waals surface area contributed by atoms with Crippen molar-refractivity contribution in [2.24, 2.45) is 17.3 Å². The van der Waals surface area contributed by atoms with Gasteiger partial charge in [0.25, 0.3) is 0 Å². The Morgan fingerprint density at radius 2 is 0.552 bits per heavy atom. The predicted octanol–water partition coefficient (Wildman–Crippen LogP) is 17.4. The molecule has 360 valence electrons. The van der Waals surface area contributed by atoms with Crippen LogP contribution in [-0.2, 0) is 10.8 Å². The van der Waals surface area contributed by atoms with Crippen LogP contribution in [0.5, 0.6) is 23.0 Å². The molecule has 0 unspecified atom stereocenters. The van der Waals surface area contributed by atoms with E-state index in [1.807, 2.05) is 24.3 Å². The maximum absolute atomic E-state index is 11.4. The third-order valence-corrected chi connectivity index (χ3v) is 20.3. The first kappa shape index (κ1) is 46.8. The van der Waals surface area contributed by atoms with Crippen molar-refractivity contribution in [3.05, 3.63) is 117 Å². The van der Waals surface area contributed by atoms with Crippen molar-refractivity contribution in [2.45, 2.75) is 228 Å². The van der Waals surface area contributed by atoms with E-state index in [0.29, 0.717) is 58.5 Å². The smallest absolute Gasteiger partial charge is 0.119 e. The van der Waals surface area contributed by atoms with Gasteiger partial charge in [-0.3, -0.25) is 0 Å². The van der Waals surface area contributed by atoms with Crippen molar-refractivity contribution in [1.29, 1.82) is 0 Å². The molecule has 0 spiro atoms. The first-order valence-electron chi connectivity index (χ1n) is 27.9. The van der Waals surface area contributed by atoms with Gasteiger partial charge >= 0.3 is 0 Å². The molecule has 0 bridgehead atoms. The lowest BCUT2D eigenvalue weighted by atomic mass is 9.53. The molecule has 4 aromatic rings. The van der Waals surface area contributed by atoms with E-state index in [-0.39, 0.29) is 16.2 Å². The van der Waals surface area contributed by atoms with Crippen molar-refractivity contribution in [3.8, 4) is 23.0 Å². The van der Waals surface area contributed by atoms with Crippen LogP contribution in [-0.4, -0.2) is 20.4 Å². The van der Waals surface area contributed by atoms with E-state index in [9.17, 15) is 20.4 Å². The fourth-order valence-electron chi connectivity index (χ4n) is 15.9. The van der Waals surface area contributed by atoms with Gasteiger partial charge in [-0.05, 0) is 212 Å². The molecule has 0 saturated heterocycles. The molecule has 6 saturated carbocycles. The first-order chi connectivity index (χ1) is 32.6. The summed E-state index contributed by atoms with van der Waals surface area (Å²) in [5, 5.41) is 45.5. The first-order valence-corrected chi connectivity index (χ1v) is 27.9. The highest BCUT2D eigenvalue weighted by molar-refractivity contribution is 5.52. The monoisotopic (exact) mass is 905 g/mol. The van der Waals surface area contributed by atoms with Gasteiger partial charge in [-0.15, -0.1) is 0 Å². The van der Waals surface area contributed by atoms with Crippen LogP contribution in [0.2, 0.25) is 0 Å². The van der Waals surface area contributed by atoms with Gasteiger partial charge in [0.05, 0.1) is 0 Å². The van der Waals surface area contributed by atoms with Crippen molar-refractivity contribution in [3.63, 3.8) is 0 Å². The van der Waals surface area contributed by atoms with Gasteiger partial charge in [-0.25, -0.2) is 0 Å². The Hall–Kier alpha value is -3.92. The summed E-state index contributed by atoms with van der Waals surface area (Å²) in [6.07, 6.45) is 33.4. The second-order valence-electron chi connectivity index (χ2n) is 24.0. The Kier molecular flexibility index (Phi) is 13.8. The largest absolute Gasteiger partial charge is 0.508 e. The van der Waals surface area contributed by atoms with Gasteiger partial charge in [0.15, 0.2) is 0 Å². The van der Waals surface area contributed by atoms with E-state index in [1.165, 1.54) is 125 Å². The molecule has 10 rings (SSSR count). The van der Waals surface area contributed by atoms with Crippen LogP contribution < -0.4 is 0 Å². The normalized spacial score (nSPS) is 23.3. The Bertz CT molecular complexity index is 2000. The fourth-order valence-corrected chi connectivity index (χ4v) is 15.9. The van der Waals surface area contributed by atoms with E-state index in [2.05, 4.69) is 62.4 Å². The summed E-state index contributed by atoms with van der Waals surface area (Å²) < 4.78 is 0. The molecule has 6 fully saturated rings. The molecule has 0 aromatic heterocycles. The predicted molar refractivity (Wildman–Crippen MR) is 275 cm³/mol. The van der Waals surface area contributed by atoms with E-state index in [1.54, 1.807) is 0 Å². The molecular formula is C63H84O4. The topological polar surface area (TPSA) is 80.9 Å². The minimum Gasteiger partial charge on any atom is -0.508 e. The molecule has 0 atom stereocenters. The van der Waals surface area contributed by atoms with Gasteiger partial charge in [0.2, 0.25) is 0 Å². The third kappa shape index (κ3) is 9.20. The highest BCUT2D eigenvalue weighted by Crippen LogP contribution is 2.59. The minimum absolute atomic E-state index is 0.160. The molecule has 6 aliphatic rings. The molecule has 0 heterocycles. The molecule has 4 nitrogen and oxygen atoms in total. The molecule has 67 heavy (non-hydrogen) atoms. The van der Waals surface area contributed by atoms with Crippen LogP contribution in [0.4, 0.5) is 0 Å². The Morgan fingerprint density at radius 3 is 0.776 bits per heavy atom. The second-order valence-corrected chi connectivity index (χ2v) is 24.0. The van der Waals surface area contributed by atoms with Crippen LogP contribution in [0.15, 0.2) is 72.8 Å². The number of rotatable bonds is 10. The van der Waals surface area contributed by atoms with E-state index < -0.39 is 0 Å². The van der Waals surface area contributed by atoms with Crippen LogP contribution in [0.1, 0.15) is 262 Å². The molecule has 0 aliphatic heterocycles. The maximum Gasteiger partial charge on any atom is 0.119 e. The number of hydrogen-bond acceptors (Lipinski definition) is 4. The Morgan fingerprint density at radius 1 is 0.328 bits per heavy atom. The number of phenolic OH excluding ortho intramolecular Hbond substituents is 4. The number of phenols is 4. The molecule has 0 amide bonds. The molecule has 6 aliphatic carbocycles. The van der Waals surface area contributed by atoms with Crippen molar-refractivity contribution >= 4 is 0 Å². The summed E-state index contributed by atoms with van der Waals surface area (Å²) in [6, 6.07) is 26.8. The van der Waals surface area contributed by atoms with E-state index in [0.717, 1.165) is 99.3 Å². The molecule has 0 radical (unpaired) electrons. The van der Waals surface area contributed by atoms with Gasteiger partial charge in [-0.2, -0.15) is 0 Å². The number of aromatic hydroxyl groups is 4. The summed E-state index contributed by atoms with van der Waals surface area (Å²) in [7, 11) is 0. The van der Waals surface area contributed by atoms with Crippen LogP contribution in [0.25, 0.3) is 0 Å². The van der Waals surface area contributed by atoms with Crippen molar-refractivity contribution in [1.82, 2.24) is 0 Å². The van der Waals surface area contributed by atoms with Gasteiger partial charge in [-0.1, -0.05) is 139 Å².